The summed E-state index contributed by atoms with van der Waals surface area (Å²) in [6.07, 6.45) is 1.25. The van der Waals surface area contributed by atoms with Crippen molar-refractivity contribution < 1.29 is 23.0 Å². The van der Waals surface area contributed by atoms with Crippen LogP contribution in [-0.2, 0) is 14.3 Å². The molecule has 2 aromatic heterocycles. The zero-order chi connectivity index (χ0) is 25.8. The average Bonchev–Trinajstić information content (AvgIpc) is 3.31. The summed E-state index contributed by atoms with van der Waals surface area (Å²) in [5.41, 5.74) is 0.950. The smallest absolute Gasteiger partial charge is 0.296 e. The highest BCUT2D eigenvalue weighted by atomic mass is 19.3. The van der Waals surface area contributed by atoms with Crippen molar-refractivity contribution >= 4 is 28.7 Å². The van der Waals surface area contributed by atoms with Crippen molar-refractivity contribution in [2.75, 3.05) is 50.2 Å². The van der Waals surface area contributed by atoms with Gasteiger partial charge in [0.15, 0.2) is 11.6 Å². The summed E-state index contributed by atoms with van der Waals surface area (Å²) in [6.45, 7) is 2.41. The topological polar surface area (TPSA) is 107 Å². The number of alkyl halides is 2. The van der Waals surface area contributed by atoms with E-state index in [0.717, 1.165) is 25.7 Å². The van der Waals surface area contributed by atoms with E-state index in [0.29, 0.717) is 61.6 Å². The first-order valence-corrected chi connectivity index (χ1v) is 12.6. The number of aromatic nitrogens is 5. The van der Waals surface area contributed by atoms with Crippen LogP contribution in [0.25, 0.3) is 17.0 Å². The zero-order valence-corrected chi connectivity index (χ0v) is 20.8. The molecule has 1 aliphatic heterocycles. The lowest BCUT2D eigenvalue weighted by Crippen LogP contribution is -2.38. The molecule has 0 spiro atoms. The first-order chi connectivity index (χ1) is 18.0. The summed E-state index contributed by atoms with van der Waals surface area (Å²) >= 11 is 0. The summed E-state index contributed by atoms with van der Waals surface area (Å²) in [7, 11) is 1.53. The van der Waals surface area contributed by atoms with Crippen molar-refractivity contribution in [2.45, 2.75) is 44.6 Å². The second kappa shape index (κ2) is 11.4. The number of anilines is 2. The lowest BCUT2D eigenvalue weighted by molar-refractivity contribution is -0.123. The van der Waals surface area contributed by atoms with Gasteiger partial charge < -0.3 is 19.7 Å². The van der Waals surface area contributed by atoms with Crippen LogP contribution < -0.4 is 10.2 Å². The fourth-order valence-corrected chi connectivity index (χ4v) is 5.06. The van der Waals surface area contributed by atoms with E-state index in [9.17, 15) is 13.6 Å². The van der Waals surface area contributed by atoms with Crippen molar-refractivity contribution in [2.24, 2.45) is 5.92 Å². The van der Waals surface area contributed by atoms with Gasteiger partial charge in [-0.05, 0) is 43.7 Å². The Kier molecular flexibility index (Phi) is 7.85. The van der Waals surface area contributed by atoms with Gasteiger partial charge in [0.25, 0.3) is 6.43 Å². The quantitative estimate of drug-likeness (QED) is 0.458. The standard InChI is InChI=1S/C25H31F2N7O3/c1-36-15-18(35)14-16-6-8-17(9-7-16)28-23-30-24(33-10-12-37-13-11-33)32-25(31-23)34-20-5-3-2-4-19(20)29-22(34)21(26)27/h2-5,16-17,21H,6-15H2,1H3,(H,28,30,31,32). The van der Waals surface area contributed by atoms with Gasteiger partial charge in [-0.25, -0.2) is 13.8 Å². The van der Waals surface area contributed by atoms with Gasteiger partial charge >= 0.3 is 0 Å². The van der Waals surface area contributed by atoms with Gasteiger partial charge in [0.2, 0.25) is 17.8 Å². The molecule has 0 unspecified atom stereocenters. The Morgan fingerprint density at radius 2 is 1.81 bits per heavy atom. The van der Waals surface area contributed by atoms with E-state index in [4.69, 9.17) is 9.47 Å². The van der Waals surface area contributed by atoms with Crippen LogP contribution in [0, 0.1) is 5.92 Å². The average molecular weight is 516 g/mol. The molecule has 3 aromatic rings. The fraction of sp³-hybridized carbons (Fsp3) is 0.560. The van der Waals surface area contributed by atoms with Crippen LogP contribution in [0.2, 0.25) is 0 Å². The number of ketones is 1. The maximum Gasteiger partial charge on any atom is 0.296 e. The number of carbonyl (C=O) groups is 1. The molecule has 1 aromatic carbocycles. The predicted octanol–water partition coefficient (Wildman–Crippen LogP) is 3.56. The van der Waals surface area contributed by atoms with Crippen LogP contribution in [0.5, 0.6) is 0 Å². The molecule has 0 bridgehead atoms. The Balaban J connectivity index is 1.43. The molecule has 12 heteroatoms. The number of halogens is 2. The largest absolute Gasteiger partial charge is 0.378 e. The molecular weight excluding hydrogens is 484 g/mol. The number of morpholine rings is 1. The SMILES string of the molecule is COCC(=O)CC1CCC(Nc2nc(N3CCOCC3)nc(-n3c(C(F)F)nc4ccccc43)n2)CC1. The van der Waals surface area contributed by atoms with Gasteiger partial charge in [0.1, 0.15) is 6.61 Å². The number of methoxy groups -OCH3 is 1. The molecule has 3 heterocycles. The minimum absolute atomic E-state index is 0.0989. The number of hydrogen-bond acceptors (Lipinski definition) is 9. The van der Waals surface area contributed by atoms with Crippen LogP contribution in [0.1, 0.15) is 44.4 Å². The predicted molar refractivity (Wildman–Crippen MR) is 133 cm³/mol. The molecule has 0 amide bonds. The van der Waals surface area contributed by atoms with Gasteiger partial charge in [0, 0.05) is 32.7 Å². The van der Waals surface area contributed by atoms with E-state index in [1.54, 1.807) is 24.3 Å². The molecule has 5 rings (SSSR count). The van der Waals surface area contributed by atoms with E-state index in [1.807, 2.05) is 4.90 Å². The van der Waals surface area contributed by atoms with Gasteiger partial charge in [-0.3, -0.25) is 9.36 Å². The lowest BCUT2D eigenvalue weighted by atomic mass is 9.83. The van der Waals surface area contributed by atoms with Crippen molar-refractivity contribution in [3.05, 3.63) is 30.1 Å². The van der Waals surface area contributed by atoms with Crippen LogP contribution in [-0.4, -0.2) is 76.3 Å². The van der Waals surface area contributed by atoms with E-state index < -0.39 is 12.2 Å². The summed E-state index contributed by atoms with van der Waals surface area (Å²) in [5.74, 6) is 0.897. The molecule has 0 atom stereocenters. The number of para-hydroxylation sites is 2. The number of nitrogens with zero attached hydrogens (tertiary/aromatic N) is 6. The number of ether oxygens (including phenoxy) is 2. The third-order valence-electron chi connectivity index (χ3n) is 6.89. The van der Waals surface area contributed by atoms with Crippen molar-refractivity contribution in [3.63, 3.8) is 0 Å². The Hall–Kier alpha value is -3.25. The van der Waals surface area contributed by atoms with Crippen LogP contribution in [0.3, 0.4) is 0 Å². The van der Waals surface area contributed by atoms with E-state index in [2.05, 4.69) is 25.3 Å². The Morgan fingerprint density at radius 3 is 2.54 bits per heavy atom. The van der Waals surface area contributed by atoms with Crippen LogP contribution in [0.15, 0.2) is 24.3 Å². The van der Waals surface area contributed by atoms with Crippen molar-refractivity contribution in [1.29, 1.82) is 0 Å². The van der Waals surface area contributed by atoms with Gasteiger partial charge in [-0.15, -0.1) is 0 Å². The van der Waals surface area contributed by atoms with Crippen LogP contribution >= 0.6 is 0 Å². The molecule has 1 saturated carbocycles. The molecule has 37 heavy (non-hydrogen) atoms. The highest BCUT2D eigenvalue weighted by Gasteiger charge is 2.27. The Labute approximate surface area is 213 Å². The molecule has 2 aliphatic rings. The minimum atomic E-state index is -2.80. The molecule has 198 valence electrons. The minimum Gasteiger partial charge on any atom is -0.378 e. The van der Waals surface area contributed by atoms with Gasteiger partial charge in [-0.1, -0.05) is 12.1 Å². The first kappa shape index (κ1) is 25.4. The van der Waals surface area contributed by atoms with E-state index in [1.165, 1.54) is 11.7 Å². The zero-order valence-electron chi connectivity index (χ0n) is 20.8. The van der Waals surface area contributed by atoms with Gasteiger partial charge in [0.05, 0.1) is 24.2 Å². The van der Waals surface area contributed by atoms with Crippen molar-refractivity contribution in [3.8, 4) is 5.95 Å². The molecule has 1 aliphatic carbocycles. The van der Waals surface area contributed by atoms with E-state index >= 15 is 0 Å². The van der Waals surface area contributed by atoms with Gasteiger partial charge in [-0.2, -0.15) is 15.0 Å². The fourth-order valence-electron chi connectivity index (χ4n) is 5.06. The summed E-state index contributed by atoms with van der Waals surface area (Å²) in [6, 6.07) is 7.06. The number of hydrogen-bond donors (Lipinski definition) is 1. The number of rotatable bonds is 9. The highest BCUT2D eigenvalue weighted by Crippen LogP contribution is 2.30. The van der Waals surface area contributed by atoms with Crippen LogP contribution in [0.4, 0.5) is 20.7 Å². The molecule has 1 saturated heterocycles. The first-order valence-electron chi connectivity index (χ1n) is 12.6. The Bertz CT molecular complexity index is 1220. The summed E-state index contributed by atoms with van der Waals surface area (Å²) in [4.78, 5) is 31.9. The number of fused-ring (bicyclic) bond motifs is 1. The second-order valence-corrected chi connectivity index (χ2v) is 9.49. The lowest BCUT2D eigenvalue weighted by Gasteiger charge is -2.30. The second-order valence-electron chi connectivity index (χ2n) is 9.49. The number of carbonyl (C=O) groups excluding carboxylic acids is 1. The third-order valence-corrected chi connectivity index (χ3v) is 6.89. The number of benzene rings is 1. The molecule has 10 nitrogen and oxygen atoms in total. The number of imidazole rings is 1. The normalized spacial score (nSPS) is 20.5. The highest BCUT2D eigenvalue weighted by molar-refractivity contribution is 5.80. The monoisotopic (exact) mass is 515 g/mol. The number of nitrogens with one attached hydrogen (secondary N) is 1. The molecule has 2 fully saturated rings. The maximum atomic E-state index is 14.0. The molecule has 0 radical (unpaired) electrons. The molecule has 1 N–H and O–H groups in total. The maximum absolute atomic E-state index is 14.0. The molecular formula is C25H31F2N7O3. The summed E-state index contributed by atoms with van der Waals surface area (Å²) in [5, 5.41) is 3.41. The summed E-state index contributed by atoms with van der Waals surface area (Å²) < 4.78 is 39.8. The number of Topliss-reactive ketones (excluding diaryl/α,β-unsaturated/α-hetero) is 1. The van der Waals surface area contributed by atoms with Crippen molar-refractivity contribution in [1.82, 2.24) is 24.5 Å². The van der Waals surface area contributed by atoms with E-state index in [-0.39, 0.29) is 24.4 Å². The Morgan fingerprint density at radius 1 is 1.08 bits per heavy atom. The third kappa shape index (κ3) is 5.85.